The first kappa shape index (κ1) is 15.5. The molecule has 0 atom stereocenters. The normalized spacial score (nSPS) is 16.7. The van der Waals surface area contributed by atoms with Gasteiger partial charge in [0.1, 0.15) is 0 Å². The van der Waals surface area contributed by atoms with Gasteiger partial charge in [0.15, 0.2) is 0 Å². The van der Waals surface area contributed by atoms with Gasteiger partial charge in [0, 0.05) is 26.3 Å². The third-order valence-electron chi connectivity index (χ3n) is 2.81. The van der Waals surface area contributed by atoms with Crippen LogP contribution in [0.5, 0.6) is 0 Å². The second-order valence-electron chi connectivity index (χ2n) is 4.86. The summed E-state index contributed by atoms with van der Waals surface area (Å²) < 4.78 is 0. The Bertz CT molecular complexity index is 588. The van der Waals surface area contributed by atoms with E-state index in [0.717, 1.165) is 24.9 Å². The molecule has 1 aliphatic rings. The van der Waals surface area contributed by atoms with Crippen molar-refractivity contribution in [3.63, 3.8) is 0 Å². The summed E-state index contributed by atoms with van der Waals surface area (Å²) in [6, 6.07) is 1.70. The fourth-order valence-electron chi connectivity index (χ4n) is 1.63. The van der Waals surface area contributed by atoms with E-state index in [1.165, 1.54) is 0 Å². The largest absolute Gasteiger partial charge is 0.343 e. The monoisotopic (exact) mass is 307 g/mol. The average Bonchev–Trinajstić information content (AvgIpc) is 2.74. The molecule has 1 aromatic heterocycles. The highest BCUT2D eigenvalue weighted by atomic mass is 32.2. The molecule has 1 N–H and O–H groups in total. The molecule has 2 heterocycles. The van der Waals surface area contributed by atoms with Crippen molar-refractivity contribution in [1.82, 2.24) is 20.2 Å². The molecule has 0 bridgehead atoms. The van der Waals surface area contributed by atoms with E-state index in [1.54, 1.807) is 18.3 Å². The molecule has 8 heteroatoms. The number of rotatable bonds is 5. The summed E-state index contributed by atoms with van der Waals surface area (Å²) in [4.78, 5) is 35.6. The molecule has 112 valence electrons. The van der Waals surface area contributed by atoms with Crippen molar-refractivity contribution >= 4 is 34.9 Å². The number of carbonyl (C=O) groups excluding carboxylic acids is 2. The number of thioether (sulfide) groups is 1. The van der Waals surface area contributed by atoms with E-state index in [9.17, 15) is 9.59 Å². The number of nitrogens with one attached hydrogen (secondary N) is 1. The molecule has 1 aliphatic heterocycles. The zero-order valence-corrected chi connectivity index (χ0v) is 13.0. The summed E-state index contributed by atoms with van der Waals surface area (Å²) in [5, 5.41) is 1.86. The average molecular weight is 307 g/mol. The molecular formula is C13H17N5O2S. The van der Waals surface area contributed by atoms with Crippen LogP contribution in [0.4, 0.5) is 10.7 Å². The van der Waals surface area contributed by atoms with Gasteiger partial charge in [0.05, 0.1) is 10.6 Å². The Labute approximate surface area is 127 Å². The lowest BCUT2D eigenvalue weighted by atomic mass is 10.3. The molecule has 7 nitrogen and oxygen atoms in total. The van der Waals surface area contributed by atoms with Gasteiger partial charge in [0.2, 0.25) is 5.95 Å². The maximum absolute atomic E-state index is 11.5. The predicted octanol–water partition coefficient (Wildman–Crippen LogP) is 0.798. The Morgan fingerprint density at radius 1 is 1.29 bits per heavy atom. The van der Waals surface area contributed by atoms with E-state index in [0.29, 0.717) is 16.5 Å². The highest BCUT2D eigenvalue weighted by Crippen LogP contribution is 2.25. The van der Waals surface area contributed by atoms with Gasteiger partial charge in [-0.3, -0.25) is 14.9 Å². The summed E-state index contributed by atoms with van der Waals surface area (Å²) in [7, 11) is 5.92. The predicted molar refractivity (Wildman–Crippen MR) is 83.0 cm³/mol. The third kappa shape index (κ3) is 4.27. The molecule has 2 amide bonds. The van der Waals surface area contributed by atoms with Gasteiger partial charge in [0.25, 0.3) is 11.1 Å². The summed E-state index contributed by atoms with van der Waals surface area (Å²) in [5.41, 5.74) is 0.601. The quantitative estimate of drug-likeness (QED) is 0.806. The number of anilines is 1. The summed E-state index contributed by atoms with van der Waals surface area (Å²) in [6.45, 7) is 1.68. The fraction of sp³-hybridized carbons (Fsp3) is 0.385. The molecule has 1 fully saturated rings. The van der Waals surface area contributed by atoms with Crippen LogP contribution in [0.2, 0.25) is 0 Å². The number of carbonyl (C=O) groups is 2. The first-order chi connectivity index (χ1) is 9.95. The van der Waals surface area contributed by atoms with Gasteiger partial charge in [-0.25, -0.2) is 9.97 Å². The molecule has 1 saturated heterocycles. The van der Waals surface area contributed by atoms with Crippen LogP contribution < -0.4 is 10.2 Å². The highest BCUT2D eigenvalue weighted by Gasteiger charge is 2.25. The van der Waals surface area contributed by atoms with Crippen molar-refractivity contribution in [3.8, 4) is 0 Å². The van der Waals surface area contributed by atoms with Gasteiger partial charge in [-0.1, -0.05) is 0 Å². The Kier molecular flexibility index (Phi) is 4.92. The smallest absolute Gasteiger partial charge is 0.290 e. The van der Waals surface area contributed by atoms with Crippen LogP contribution in [-0.4, -0.2) is 60.2 Å². The van der Waals surface area contributed by atoms with Gasteiger partial charge < -0.3 is 9.80 Å². The van der Waals surface area contributed by atoms with Gasteiger partial charge in [-0.05, 0) is 38.0 Å². The van der Waals surface area contributed by atoms with Crippen LogP contribution in [0.3, 0.4) is 0 Å². The third-order valence-corrected chi connectivity index (χ3v) is 3.62. The van der Waals surface area contributed by atoms with E-state index in [2.05, 4.69) is 20.2 Å². The van der Waals surface area contributed by atoms with Gasteiger partial charge in [-0.15, -0.1) is 0 Å². The molecule has 21 heavy (non-hydrogen) atoms. The molecule has 0 aromatic carbocycles. The Morgan fingerprint density at radius 3 is 2.67 bits per heavy atom. The van der Waals surface area contributed by atoms with Crippen LogP contribution in [-0.2, 0) is 4.79 Å². The van der Waals surface area contributed by atoms with Crippen molar-refractivity contribution in [3.05, 3.63) is 22.9 Å². The Balaban J connectivity index is 2.12. The van der Waals surface area contributed by atoms with Crippen molar-refractivity contribution in [2.45, 2.75) is 0 Å². The fourth-order valence-corrected chi connectivity index (χ4v) is 2.30. The number of hydrogen-bond donors (Lipinski definition) is 1. The number of hydrogen-bond acceptors (Lipinski definition) is 7. The van der Waals surface area contributed by atoms with Crippen molar-refractivity contribution in [1.29, 1.82) is 0 Å². The number of imide groups is 1. The Morgan fingerprint density at radius 2 is 2.05 bits per heavy atom. The molecule has 0 spiro atoms. The van der Waals surface area contributed by atoms with Crippen molar-refractivity contribution in [2.24, 2.45) is 0 Å². The number of amides is 2. The van der Waals surface area contributed by atoms with E-state index < -0.39 is 0 Å². The minimum absolute atomic E-state index is 0.348. The lowest BCUT2D eigenvalue weighted by Crippen LogP contribution is -2.29. The second kappa shape index (κ2) is 6.68. The van der Waals surface area contributed by atoms with Crippen LogP contribution in [0.15, 0.2) is 17.2 Å². The van der Waals surface area contributed by atoms with Gasteiger partial charge >= 0.3 is 0 Å². The van der Waals surface area contributed by atoms with Crippen LogP contribution in [0.25, 0.3) is 6.08 Å². The minimum atomic E-state index is -0.383. The number of nitrogens with zero attached hydrogens (tertiary/aromatic N) is 4. The molecule has 0 radical (unpaired) electrons. The first-order valence-corrected chi connectivity index (χ1v) is 7.21. The van der Waals surface area contributed by atoms with Crippen LogP contribution >= 0.6 is 11.8 Å². The topological polar surface area (TPSA) is 78.4 Å². The van der Waals surface area contributed by atoms with E-state index in [1.807, 2.05) is 26.0 Å². The molecular weight excluding hydrogens is 290 g/mol. The van der Waals surface area contributed by atoms with E-state index in [-0.39, 0.29) is 11.1 Å². The zero-order valence-electron chi connectivity index (χ0n) is 12.2. The van der Waals surface area contributed by atoms with E-state index in [4.69, 9.17) is 0 Å². The minimum Gasteiger partial charge on any atom is -0.343 e. The Hall–Kier alpha value is -1.93. The van der Waals surface area contributed by atoms with Crippen LogP contribution in [0, 0.1) is 0 Å². The standard InChI is InChI=1S/C13H17N5O2S/c1-17(2)6-7-18(3)12-14-5-4-9(15-12)8-10-11(19)16-13(20)21-10/h4-5,8H,6-7H2,1-3H3,(H,16,19,20). The first-order valence-electron chi connectivity index (χ1n) is 6.39. The lowest BCUT2D eigenvalue weighted by molar-refractivity contribution is -0.115. The number of likely N-dealkylation sites (N-methyl/N-ethyl adjacent to an activating group) is 2. The summed E-state index contributed by atoms with van der Waals surface area (Å²) in [6.07, 6.45) is 3.23. The van der Waals surface area contributed by atoms with Crippen LogP contribution in [0.1, 0.15) is 5.69 Å². The maximum Gasteiger partial charge on any atom is 0.290 e. The molecule has 0 saturated carbocycles. The highest BCUT2D eigenvalue weighted by molar-refractivity contribution is 8.18. The van der Waals surface area contributed by atoms with E-state index >= 15 is 0 Å². The zero-order chi connectivity index (χ0) is 15.4. The van der Waals surface area contributed by atoms with Gasteiger partial charge in [-0.2, -0.15) is 0 Å². The molecule has 0 unspecified atom stereocenters. The molecule has 2 rings (SSSR count). The lowest BCUT2D eigenvalue weighted by Gasteiger charge is -2.19. The molecule has 1 aromatic rings. The summed E-state index contributed by atoms with van der Waals surface area (Å²) in [5.74, 6) is 0.201. The SMILES string of the molecule is CN(C)CCN(C)c1nccc(C=C2SC(=O)NC2=O)n1. The number of aromatic nitrogens is 2. The van der Waals surface area contributed by atoms with Crippen molar-refractivity contribution in [2.75, 3.05) is 39.1 Å². The summed E-state index contributed by atoms with van der Waals surface area (Å²) >= 11 is 0.878. The maximum atomic E-state index is 11.5. The molecule has 0 aliphatic carbocycles. The second-order valence-corrected chi connectivity index (χ2v) is 5.87. The van der Waals surface area contributed by atoms with Crippen molar-refractivity contribution < 1.29 is 9.59 Å².